The van der Waals surface area contributed by atoms with Gasteiger partial charge in [-0.2, -0.15) is 0 Å². The van der Waals surface area contributed by atoms with Gasteiger partial charge in [0.25, 0.3) is 5.56 Å². The van der Waals surface area contributed by atoms with Crippen LogP contribution in [0.3, 0.4) is 0 Å². The van der Waals surface area contributed by atoms with Gasteiger partial charge in [0.1, 0.15) is 0 Å². The van der Waals surface area contributed by atoms with Crippen molar-refractivity contribution in [2.75, 3.05) is 26.8 Å². The molecule has 0 spiro atoms. The SMILES string of the molecule is COCC1CCCN1CCc1cc2ccccc2c(=O)n1F. The van der Waals surface area contributed by atoms with Crippen LogP contribution in [0.2, 0.25) is 0 Å². The molecule has 0 amide bonds. The lowest BCUT2D eigenvalue weighted by atomic mass is 10.1. The molecule has 2 aromatic rings. The Balaban J connectivity index is 1.79. The zero-order chi connectivity index (χ0) is 15.5. The third-order valence-corrected chi connectivity index (χ3v) is 4.46. The number of benzene rings is 1. The van der Waals surface area contributed by atoms with Crippen LogP contribution in [-0.4, -0.2) is 42.5 Å². The zero-order valence-corrected chi connectivity index (χ0v) is 12.8. The molecule has 1 atom stereocenters. The van der Waals surface area contributed by atoms with Crippen LogP contribution in [-0.2, 0) is 11.2 Å². The van der Waals surface area contributed by atoms with E-state index in [9.17, 15) is 9.28 Å². The zero-order valence-electron chi connectivity index (χ0n) is 12.8. The van der Waals surface area contributed by atoms with E-state index in [-0.39, 0.29) is 0 Å². The summed E-state index contributed by atoms with van der Waals surface area (Å²) in [6, 6.07) is 9.31. The van der Waals surface area contributed by atoms with Gasteiger partial charge in [-0.15, -0.1) is 4.79 Å². The van der Waals surface area contributed by atoms with E-state index in [0.29, 0.717) is 34.9 Å². The molecule has 1 saturated heterocycles. The van der Waals surface area contributed by atoms with Crippen LogP contribution in [0, 0.1) is 0 Å². The van der Waals surface area contributed by atoms with Crippen LogP contribution < -0.4 is 5.56 Å². The molecule has 0 N–H and O–H groups in total. The molecule has 1 aromatic carbocycles. The fourth-order valence-corrected chi connectivity index (χ4v) is 3.29. The second-order valence-electron chi connectivity index (χ2n) is 5.85. The second-order valence-corrected chi connectivity index (χ2v) is 5.85. The molecular weight excluding hydrogens is 283 g/mol. The third-order valence-electron chi connectivity index (χ3n) is 4.46. The molecule has 0 aliphatic carbocycles. The largest absolute Gasteiger partial charge is 0.383 e. The number of nitrogens with zero attached hydrogens (tertiary/aromatic N) is 2. The standard InChI is InChI=1S/C17H21FN2O2/c1-22-12-15-6-4-9-19(15)10-8-14-11-13-5-2-3-7-16(13)17(21)20(14)18/h2-3,5,7,11,15H,4,6,8-10,12H2,1H3. The highest BCUT2D eigenvalue weighted by molar-refractivity contribution is 5.81. The second kappa shape index (κ2) is 6.58. The predicted octanol–water partition coefficient (Wildman–Crippen LogP) is 2.39. The Labute approximate surface area is 129 Å². The molecule has 0 saturated carbocycles. The molecular formula is C17H21FN2O2. The lowest BCUT2D eigenvalue weighted by molar-refractivity contribution is 0.115. The van der Waals surface area contributed by atoms with E-state index in [1.165, 1.54) is 0 Å². The van der Waals surface area contributed by atoms with E-state index < -0.39 is 5.56 Å². The summed E-state index contributed by atoms with van der Waals surface area (Å²) in [5.74, 6) is 0. The first-order chi connectivity index (χ1) is 10.7. The van der Waals surface area contributed by atoms with Gasteiger partial charge in [0.15, 0.2) is 0 Å². The number of halogens is 1. The molecule has 1 aliphatic heterocycles. The number of rotatable bonds is 5. The summed E-state index contributed by atoms with van der Waals surface area (Å²) in [6.45, 7) is 2.47. The molecule has 0 radical (unpaired) electrons. The first-order valence-corrected chi connectivity index (χ1v) is 7.73. The van der Waals surface area contributed by atoms with Gasteiger partial charge in [0.05, 0.1) is 12.3 Å². The normalized spacial score (nSPS) is 19.1. The van der Waals surface area contributed by atoms with Gasteiger partial charge in [-0.3, -0.25) is 9.69 Å². The topological polar surface area (TPSA) is 34.5 Å². The Hall–Kier alpha value is -1.72. The highest BCUT2D eigenvalue weighted by Crippen LogP contribution is 2.19. The summed E-state index contributed by atoms with van der Waals surface area (Å²) in [5.41, 5.74) is -0.130. The Morgan fingerprint density at radius 3 is 3.00 bits per heavy atom. The minimum absolute atomic E-state index is 0.295. The van der Waals surface area contributed by atoms with Gasteiger partial charge in [0.2, 0.25) is 0 Å². The Morgan fingerprint density at radius 1 is 1.36 bits per heavy atom. The van der Waals surface area contributed by atoms with E-state index in [0.717, 1.165) is 31.3 Å². The van der Waals surface area contributed by atoms with Gasteiger partial charge in [0, 0.05) is 31.5 Å². The molecule has 1 unspecified atom stereocenters. The molecule has 1 aromatic heterocycles. The Kier molecular flexibility index (Phi) is 4.55. The average Bonchev–Trinajstić information content (AvgIpc) is 2.97. The molecule has 1 aliphatic rings. The maximum Gasteiger partial charge on any atom is 0.286 e. The molecule has 118 valence electrons. The summed E-state index contributed by atoms with van der Waals surface area (Å²) in [6.07, 6.45) is 2.79. The number of hydrogen-bond acceptors (Lipinski definition) is 3. The van der Waals surface area contributed by atoms with Crippen molar-refractivity contribution in [1.82, 2.24) is 9.69 Å². The van der Waals surface area contributed by atoms with E-state index in [1.807, 2.05) is 12.1 Å². The minimum atomic E-state index is -0.567. The van der Waals surface area contributed by atoms with E-state index in [4.69, 9.17) is 4.74 Å². The third kappa shape index (κ3) is 2.91. The molecule has 5 heteroatoms. The number of pyridine rings is 1. The van der Waals surface area contributed by atoms with Crippen molar-refractivity contribution in [1.29, 1.82) is 0 Å². The van der Waals surface area contributed by atoms with Crippen LogP contribution in [0.1, 0.15) is 18.5 Å². The molecule has 22 heavy (non-hydrogen) atoms. The van der Waals surface area contributed by atoms with E-state index in [1.54, 1.807) is 25.3 Å². The maximum atomic E-state index is 14.2. The highest BCUT2D eigenvalue weighted by atomic mass is 19.2. The number of hydrogen-bond donors (Lipinski definition) is 0. The van der Waals surface area contributed by atoms with Crippen LogP contribution in [0.5, 0.6) is 0 Å². The Morgan fingerprint density at radius 2 is 2.18 bits per heavy atom. The number of fused-ring (bicyclic) bond motifs is 1. The predicted molar refractivity (Wildman–Crippen MR) is 84.9 cm³/mol. The molecule has 4 nitrogen and oxygen atoms in total. The molecule has 3 rings (SSSR count). The maximum absolute atomic E-state index is 14.2. The number of methoxy groups -OCH3 is 1. The van der Waals surface area contributed by atoms with Gasteiger partial charge in [-0.05, 0) is 36.9 Å². The first-order valence-electron chi connectivity index (χ1n) is 7.73. The lowest BCUT2D eigenvalue weighted by Gasteiger charge is -2.23. The highest BCUT2D eigenvalue weighted by Gasteiger charge is 2.24. The van der Waals surface area contributed by atoms with Crippen molar-refractivity contribution >= 4 is 10.8 Å². The van der Waals surface area contributed by atoms with Crippen LogP contribution in [0.15, 0.2) is 35.1 Å². The summed E-state index contributed by atoms with van der Waals surface area (Å²) >= 11 is 0. The summed E-state index contributed by atoms with van der Waals surface area (Å²) in [7, 11) is 1.71. The van der Waals surface area contributed by atoms with Crippen molar-refractivity contribution in [3.63, 3.8) is 0 Å². The monoisotopic (exact) mass is 304 g/mol. The lowest BCUT2D eigenvalue weighted by Crippen LogP contribution is -2.35. The minimum Gasteiger partial charge on any atom is -0.383 e. The van der Waals surface area contributed by atoms with E-state index in [2.05, 4.69) is 4.90 Å². The number of aromatic nitrogens is 1. The first kappa shape index (κ1) is 15.2. The molecule has 1 fully saturated rings. The van der Waals surface area contributed by atoms with Gasteiger partial charge in [-0.1, -0.05) is 22.7 Å². The van der Waals surface area contributed by atoms with Crippen molar-refractivity contribution in [2.24, 2.45) is 0 Å². The smallest absolute Gasteiger partial charge is 0.286 e. The Bertz CT molecular complexity index is 713. The fourth-order valence-electron chi connectivity index (χ4n) is 3.29. The van der Waals surface area contributed by atoms with Crippen molar-refractivity contribution in [2.45, 2.75) is 25.3 Å². The summed E-state index contributed by atoms with van der Waals surface area (Å²) in [5, 5.41) is 1.22. The number of ether oxygens (including phenoxy) is 1. The van der Waals surface area contributed by atoms with Crippen LogP contribution in [0.4, 0.5) is 4.48 Å². The van der Waals surface area contributed by atoms with Crippen LogP contribution >= 0.6 is 0 Å². The average molecular weight is 304 g/mol. The summed E-state index contributed by atoms with van der Waals surface area (Å²) < 4.78 is 19.4. The van der Waals surface area contributed by atoms with Gasteiger partial charge < -0.3 is 4.74 Å². The van der Waals surface area contributed by atoms with E-state index >= 15 is 0 Å². The van der Waals surface area contributed by atoms with Crippen molar-refractivity contribution in [3.05, 3.63) is 46.4 Å². The van der Waals surface area contributed by atoms with Gasteiger partial charge in [-0.25, -0.2) is 0 Å². The summed E-state index contributed by atoms with van der Waals surface area (Å²) in [4.78, 5) is 14.7. The molecule has 2 heterocycles. The quantitative estimate of drug-likeness (QED) is 0.850. The van der Waals surface area contributed by atoms with Crippen molar-refractivity contribution < 1.29 is 9.22 Å². The van der Waals surface area contributed by atoms with Crippen LogP contribution in [0.25, 0.3) is 10.8 Å². The fraction of sp³-hybridized carbons (Fsp3) is 0.471. The van der Waals surface area contributed by atoms with Gasteiger partial charge >= 0.3 is 0 Å². The molecule has 0 bridgehead atoms. The number of likely N-dealkylation sites (tertiary alicyclic amines) is 1. The van der Waals surface area contributed by atoms with Crippen molar-refractivity contribution in [3.8, 4) is 0 Å².